The first-order valence-electron chi connectivity index (χ1n) is 8.16. The molecule has 0 aliphatic rings. The van der Waals surface area contributed by atoms with Crippen LogP contribution in [0.2, 0.25) is 5.02 Å². The first-order chi connectivity index (χ1) is 13.4. The van der Waals surface area contributed by atoms with Gasteiger partial charge in [-0.3, -0.25) is 14.3 Å². The molecule has 4 aromatic heterocycles. The third-order valence-electron chi connectivity index (χ3n) is 4.14. The highest BCUT2D eigenvalue weighted by atomic mass is 35.5. The van der Waals surface area contributed by atoms with Crippen LogP contribution in [0.4, 0.5) is 16.0 Å². The van der Waals surface area contributed by atoms with E-state index >= 15 is 0 Å². The third kappa shape index (κ3) is 3.25. The van der Waals surface area contributed by atoms with Crippen LogP contribution in [0.25, 0.3) is 11.2 Å². The van der Waals surface area contributed by atoms with Crippen molar-refractivity contribution in [2.45, 2.75) is 13.0 Å². The highest BCUT2D eigenvalue weighted by Gasteiger charge is 2.18. The van der Waals surface area contributed by atoms with Gasteiger partial charge in [0.05, 0.1) is 29.2 Å². The molecule has 4 aromatic rings. The lowest BCUT2D eigenvalue weighted by Crippen LogP contribution is -2.22. The molecule has 4 heterocycles. The summed E-state index contributed by atoms with van der Waals surface area (Å²) in [6.07, 6.45) is 3.87. The average Bonchev–Trinajstić information content (AvgIpc) is 3.00. The van der Waals surface area contributed by atoms with E-state index in [1.165, 1.54) is 35.2 Å². The normalized spacial score (nSPS) is 12.2. The monoisotopic (exact) mass is 401 g/mol. The van der Waals surface area contributed by atoms with E-state index in [1.54, 1.807) is 6.92 Å². The molecule has 1 unspecified atom stereocenters. The molecule has 142 valence electrons. The van der Waals surface area contributed by atoms with Crippen LogP contribution in [0.15, 0.2) is 46.4 Å². The van der Waals surface area contributed by atoms with Crippen LogP contribution in [0.5, 0.6) is 0 Å². The maximum atomic E-state index is 13.1. The van der Waals surface area contributed by atoms with E-state index in [0.717, 1.165) is 6.20 Å². The lowest BCUT2D eigenvalue weighted by Gasteiger charge is -2.12. The van der Waals surface area contributed by atoms with Gasteiger partial charge < -0.3 is 15.3 Å². The molecule has 0 aliphatic carbocycles. The van der Waals surface area contributed by atoms with Crippen LogP contribution in [0.1, 0.15) is 18.7 Å². The molecule has 0 saturated carbocycles. The summed E-state index contributed by atoms with van der Waals surface area (Å²) in [6, 6.07) is 3.69. The van der Waals surface area contributed by atoms with Crippen molar-refractivity contribution in [1.82, 2.24) is 29.5 Å². The minimum absolute atomic E-state index is 0.104. The lowest BCUT2D eigenvalue weighted by atomic mass is 10.2. The number of rotatable bonds is 4. The molecule has 9 nitrogen and oxygen atoms in total. The van der Waals surface area contributed by atoms with E-state index in [1.807, 2.05) is 0 Å². The molecule has 0 spiro atoms. The summed E-state index contributed by atoms with van der Waals surface area (Å²) in [4.78, 5) is 41.9. The zero-order valence-electron chi connectivity index (χ0n) is 14.4. The summed E-state index contributed by atoms with van der Waals surface area (Å²) < 4.78 is 14.5. The van der Waals surface area contributed by atoms with Crippen LogP contribution in [-0.2, 0) is 0 Å². The van der Waals surface area contributed by atoms with Crippen molar-refractivity contribution in [2.24, 2.45) is 0 Å². The number of anilines is 2. The Hall–Kier alpha value is -3.53. The van der Waals surface area contributed by atoms with E-state index in [0.29, 0.717) is 21.9 Å². The first kappa shape index (κ1) is 17.9. The maximum absolute atomic E-state index is 13.1. The van der Waals surface area contributed by atoms with Gasteiger partial charge in [0.15, 0.2) is 5.65 Å². The van der Waals surface area contributed by atoms with Gasteiger partial charge in [-0.1, -0.05) is 11.6 Å². The van der Waals surface area contributed by atoms with Gasteiger partial charge in [0.25, 0.3) is 5.56 Å². The summed E-state index contributed by atoms with van der Waals surface area (Å²) >= 11 is 5.89. The molecule has 0 saturated heterocycles. The quantitative estimate of drug-likeness (QED) is 0.482. The number of halogens is 2. The summed E-state index contributed by atoms with van der Waals surface area (Å²) in [5.74, 6) is -0.366. The largest absolute Gasteiger partial charge is 0.328 e. The number of imidazole rings is 1. The number of aromatic nitrogens is 6. The molecule has 0 fully saturated rings. The minimum Gasteiger partial charge on any atom is -0.326 e. The van der Waals surface area contributed by atoms with Crippen molar-refractivity contribution in [3.63, 3.8) is 0 Å². The summed E-state index contributed by atoms with van der Waals surface area (Å²) in [5.41, 5.74) is 0.543. The van der Waals surface area contributed by atoms with Gasteiger partial charge in [-0.15, -0.1) is 0 Å². The van der Waals surface area contributed by atoms with Crippen LogP contribution in [-0.4, -0.2) is 29.5 Å². The van der Waals surface area contributed by atoms with Gasteiger partial charge in [-0.25, -0.2) is 14.2 Å². The van der Waals surface area contributed by atoms with Crippen molar-refractivity contribution in [3.8, 4) is 0 Å². The Morgan fingerprint density at radius 3 is 2.82 bits per heavy atom. The first-order valence-corrected chi connectivity index (χ1v) is 8.54. The van der Waals surface area contributed by atoms with E-state index in [2.05, 4.69) is 30.2 Å². The van der Waals surface area contributed by atoms with Crippen molar-refractivity contribution in [2.75, 3.05) is 5.32 Å². The van der Waals surface area contributed by atoms with E-state index in [4.69, 9.17) is 11.6 Å². The zero-order chi connectivity index (χ0) is 19.8. The predicted molar refractivity (Wildman–Crippen MR) is 102 cm³/mol. The Kier molecular flexibility index (Phi) is 4.40. The number of fused-ring (bicyclic) bond motifs is 1. The van der Waals surface area contributed by atoms with E-state index in [9.17, 15) is 14.0 Å². The summed E-state index contributed by atoms with van der Waals surface area (Å²) in [6.45, 7) is 1.74. The Morgan fingerprint density at radius 2 is 2.07 bits per heavy atom. The summed E-state index contributed by atoms with van der Waals surface area (Å²) in [5, 5.41) is 3.11. The highest BCUT2D eigenvalue weighted by molar-refractivity contribution is 6.30. The predicted octanol–water partition coefficient (Wildman–Crippen LogP) is 2.35. The zero-order valence-corrected chi connectivity index (χ0v) is 15.2. The van der Waals surface area contributed by atoms with E-state index < -0.39 is 23.1 Å². The van der Waals surface area contributed by atoms with Crippen molar-refractivity contribution in [1.29, 1.82) is 0 Å². The third-order valence-corrected chi connectivity index (χ3v) is 4.36. The fourth-order valence-electron chi connectivity index (χ4n) is 2.77. The van der Waals surface area contributed by atoms with Crippen molar-refractivity contribution in [3.05, 3.63) is 74.2 Å². The Bertz CT molecular complexity index is 1280. The van der Waals surface area contributed by atoms with Crippen LogP contribution in [0.3, 0.4) is 0 Å². The fraction of sp³-hybridized carbons (Fsp3) is 0.118. The van der Waals surface area contributed by atoms with Crippen molar-refractivity contribution < 1.29 is 4.39 Å². The second-order valence-electron chi connectivity index (χ2n) is 5.99. The number of H-pyrrole nitrogens is 2. The topological polar surface area (TPSA) is 121 Å². The standard InChI is InChI=1S/C17H13ClFN7O2/c1-8(11-3-2-10(19)6-20-11)26-14-13(24-17(26)28)7-22-16(25-14)23-12-4-9(18)5-21-15(12)27/h2-8H,1H3,(H,21,27)(H,24,28)(H,22,23,25). The number of hydrogen-bond acceptors (Lipinski definition) is 6. The number of aromatic amines is 2. The molecular formula is C17H13ClFN7O2. The average molecular weight is 402 g/mol. The van der Waals surface area contributed by atoms with Gasteiger partial charge >= 0.3 is 5.69 Å². The number of nitrogens with one attached hydrogen (secondary N) is 3. The number of hydrogen-bond donors (Lipinski definition) is 3. The highest BCUT2D eigenvalue weighted by Crippen LogP contribution is 2.20. The second kappa shape index (κ2) is 6.89. The number of pyridine rings is 2. The fourth-order valence-corrected chi connectivity index (χ4v) is 2.94. The molecule has 0 bridgehead atoms. The molecule has 3 N–H and O–H groups in total. The molecular weight excluding hydrogens is 389 g/mol. The summed E-state index contributed by atoms with van der Waals surface area (Å²) in [7, 11) is 0. The molecule has 0 amide bonds. The molecule has 0 radical (unpaired) electrons. The minimum atomic E-state index is -0.515. The Morgan fingerprint density at radius 1 is 1.25 bits per heavy atom. The maximum Gasteiger partial charge on any atom is 0.328 e. The van der Waals surface area contributed by atoms with Crippen LogP contribution >= 0.6 is 11.6 Å². The van der Waals surface area contributed by atoms with Gasteiger partial charge in [-0.05, 0) is 25.1 Å². The molecule has 0 aliphatic heterocycles. The van der Waals surface area contributed by atoms with Gasteiger partial charge in [-0.2, -0.15) is 4.98 Å². The van der Waals surface area contributed by atoms with Crippen LogP contribution < -0.4 is 16.6 Å². The van der Waals surface area contributed by atoms with Crippen molar-refractivity contribution >= 4 is 34.4 Å². The van der Waals surface area contributed by atoms with Gasteiger partial charge in [0, 0.05) is 6.20 Å². The molecule has 28 heavy (non-hydrogen) atoms. The lowest BCUT2D eigenvalue weighted by molar-refractivity contribution is 0.592. The van der Waals surface area contributed by atoms with Gasteiger partial charge in [0.1, 0.15) is 17.0 Å². The molecule has 0 aromatic carbocycles. The van der Waals surface area contributed by atoms with Crippen LogP contribution in [0, 0.1) is 5.82 Å². The SMILES string of the molecule is CC(c1ccc(F)cn1)n1c(=O)[nH]c2cnc(Nc3cc(Cl)c[nH]c3=O)nc21. The Labute approximate surface area is 161 Å². The molecule has 1 atom stereocenters. The second-order valence-corrected chi connectivity index (χ2v) is 6.43. The smallest absolute Gasteiger partial charge is 0.326 e. The Balaban J connectivity index is 1.78. The number of nitrogens with zero attached hydrogens (tertiary/aromatic N) is 4. The van der Waals surface area contributed by atoms with Gasteiger partial charge in [0.2, 0.25) is 5.95 Å². The molecule has 4 rings (SSSR count). The molecule has 11 heteroatoms. The van der Waals surface area contributed by atoms with E-state index in [-0.39, 0.29) is 11.6 Å².